The van der Waals surface area contributed by atoms with Crippen molar-refractivity contribution in [2.24, 2.45) is 5.92 Å². The number of benzene rings is 2. The van der Waals surface area contributed by atoms with E-state index in [2.05, 4.69) is 6.08 Å². The predicted molar refractivity (Wildman–Crippen MR) is 135 cm³/mol. The lowest BCUT2D eigenvalue weighted by Crippen LogP contribution is -2.39. The molecule has 0 saturated heterocycles. The van der Waals surface area contributed by atoms with Crippen LogP contribution in [0.2, 0.25) is 0 Å². The molecule has 1 heterocycles. The van der Waals surface area contributed by atoms with Gasteiger partial charge in [0.2, 0.25) is 0 Å². The topological polar surface area (TPSA) is 66.8 Å². The lowest BCUT2D eigenvalue weighted by molar-refractivity contribution is -0.144. The summed E-state index contributed by atoms with van der Waals surface area (Å²) in [5, 5.41) is 20.6. The highest BCUT2D eigenvalue weighted by molar-refractivity contribution is 5.81. The van der Waals surface area contributed by atoms with Gasteiger partial charge in [-0.15, -0.1) is 0 Å². The summed E-state index contributed by atoms with van der Waals surface area (Å²) < 4.78 is 21.6. The highest BCUT2D eigenvalue weighted by atomic mass is 19.1. The van der Waals surface area contributed by atoms with E-state index in [0.29, 0.717) is 29.7 Å². The molecule has 1 aliphatic carbocycles. The predicted octanol–water partition coefficient (Wildman–Crippen LogP) is 7.48. The Morgan fingerprint density at radius 2 is 1.86 bits per heavy atom. The first-order chi connectivity index (χ1) is 16.5. The normalized spacial score (nSPS) is 23.8. The molecule has 2 aromatic carbocycles. The summed E-state index contributed by atoms with van der Waals surface area (Å²) in [5.41, 5.74) is 2.44. The van der Waals surface area contributed by atoms with Crippen molar-refractivity contribution < 1.29 is 24.1 Å². The van der Waals surface area contributed by atoms with E-state index in [0.717, 1.165) is 28.0 Å². The number of halogens is 1. The van der Waals surface area contributed by atoms with Crippen molar-refractivity contribution in [2.75, 3.05) is 0 Å². The van der Waals surface area contributed by atoms with Gasteiger partial charge in [0.25, 0.3) is 0 Å². The average Bonchev–Trinajstić information content (AvgIpc) is 2.85. The molecular formula is C30H33FO4. The number of rotatable bonds is 6. The third-order valence-electron chi connectivity index (χ3n) is 7.85. The first-order valence-electron chi connectivity index (χ1n) is 12.1. The van der Waals surface area contributed by atoms with Gasteiger partial charge in [-0.2, -0.15) is 0 Å². The quantitative estimate of drug-likeness (QED) is 0.454. The Kier molecular flexibility index (Phi) is 6.39. The highest BCUT2D eigenvalue weighted by Gasteiger charge is 2.42. The fraction of sp³-hybridized carbons (Fsp3) is 0.367. The van der Waals surface area contributed by atoms with Crippen LogP contribution >= 0.6 is 0 Å². The number of carboxylic acids is 1. The first-order valence-corrected chi connectivity index (χ1v) is 12.1. The zero-order chi connectivity index (χ0) is 25.5. The monoisotopic (exact) mass is 476 g/mol. The molecular weight excluding hydrogens is 443 g/mol. The van der Waals surface area contributed by atoms with Gasteiger partial charge in [0.15, 0.2) is 0 Å². The molecule has 184 valence electrons. The van der Waals surface area contributed by atoms with Gasteiger partial charge in [-0.1, -0.05) is 55.5 Å². The van der Waals surface area contributed by atoms with E-state index in [1.54, 1.807) is 19.1 Å². The summed E-state index contributed by atoms with van der Waals surface area (Å²) in [6.45, 7) is 9.41. The Balaban J connectivity index is 1.60. The third kappa shape index (κ3) is 4.40. The Morgan fingerprint density at radius 1 is 1.17 bits per heavy atom. The molecule has 2 aromatic rings. The molecule has 0 fully saturated rings. The van der Waals surface area contributed by atoms with Crippen LogP contribution in [0, 0.1) is 11.7 Å². The van der Waals surface area contributed by atoms with Crippen LogP contribution in [-0.2, 0) is 14.9 Å². The van der Waals surface area contributed by atoms with Gasteiger partial charge in [0.05, 0.1) is 5.41 Å². The van der Waals surface area contributed by atoms with Crippen LogP contribution in [0.5, 0.6) is 0 Å². The minimum atomic E-state index is -1.27. The summed E-state index contributed by atoms with van der Waals surface area (Å²) in [6, 6.07) is 13.9. The SMILES string of the molecule is CC1=C2OC(C)(CCC(C)(C(=O)O)c3ccc(-c4ccccc4)c(F)c3)CC=C2C(C)C(O)=C1C. The summed E-state index contributed by atoms with van der Waals surface area (Å²) >= 11 is 0. The van der Waals surface area contributed by atoms with E-state index in [9.17, 15) is 15.0 Å². The maximum atomic E-state index is 15.1. The smallest absolute Gasteiger partial charge is 0.313 e. The van der Waals surface area contributed by atoms with Gasteiger partial charge < -0.3 is 14.9 Å². The molecule has 0 radical (unpaired) electrons. The average molecular weight is 477 g/mol. The molecule has 2 aliphatic rings. The van der Waals surface area contributed by atoms with E-state index in [1.165, 1.54) is 6.07 Å². The number of carbonyl (C=O) groups is 1. The fourth-order valence-electron chi connectivity index (χ4n) is 5.02. The third-order valence-corrected chi connectivity index (χ3v) is 7.85. The van der Waals surface area contributed by atoms with E-state index in [-0.39, 0.29) is 12.3 Å². The number of fused-ring (bicyclic) bond motifs is 1. The maximum absolute atomic E-state index is 15.1. The first kappa shape index (κ1) is 24.8. The number of aliphatic carboxylic acids is 1. The Hall–Kier alpha value is -3.34. The molecule has 2 N–H and O–H groups in total. The molecule has 3 unspecified atom stereocenters. The van der Waals surface area contributed by atoms with Crippen molar-refractivity contribution in [3.05, 3.63) is 94.2 Å². The number of hydrogen-bond acceptors (Lipinski definition) is 3. The van der Waals surface area contributed by atoms with E-state index >= 15 is 4.39 Å². The summed E-state index contributed by atoms with van der Waals surface area (Å²) in [5.74, 6) is -0.423. The molecule has 4 rings (SSSR count). The highest BCUT2D eigenvalue weighted by Crippen LogP contribution is 2.46. The lowest BCUT2D eigenvalue weighted by Gasteiger charge is -2.41. The summed E-state index contributed by atoms with van der Waals surface area (Å²) in [4.78, 5) is 12.4. The van der Waals surface area contributed by atoms with Crippen molar-refractivity contribution in [3.8, 4) is 11.1 Å². The number of ether oxygens (including phenoxy) is 1. The molecule has 4 nitrogen and oxygen atoms in total. The molecule has 0 amide bonds. The Labute approximate surface area is 206 Å². The number of carboxylic acid groups (broad SMARTS) is 1. The minimum Gasteiger partial charge on any atom is -0.511 e. The van der Waals surface area contributed by atoms with Gasteiger partial charge >= 0.3 is 5.97 Å². The van der Waals surface area contributed by atoms with Gasteiger partial charge in [0, 0.05) is 23.5 Å². The fourth-order valence-corrected chi connectivity index (χ4v) is 5.02. The van der Waals surface area contributed by atoms with Crippen LogP contribution in [-0.4, -0.2) is 21.8 Å². The number of allylic oxidation sites excluding steroid dienone is 4. The molecule has 0 saturated carbocycles. The van der Waals surface area contributed by atoms with E-state index in [4.69, 9.17) is 4.74 Å². The molecule has 3 atom stereocenters. The van der Waals surface area contributed by atoms with Gasteiger partial charge in [-0.05, 0) is 68.9 Å². The molecule has 35 heavy (non-hydrogen) atoms. The van der Waals surface area contributed by atoms with Crippen LogP contribution in [0.3, 0.4) is 0 Å². The molecule has 0 bridgehead atoms. The second-order valence-corrected chi connectivity index (χ2v) is 10.3. The van der Waals surface area contributed by atoms with Crippen molar-refractivity contribution >= 4 is 5.97 Å². The standard InChI is InChI=1S/C30H33FO4/c1-18-19(2)27-23(20(3)26(18)32)13-14-29(4,35-27)15-16-30(5,28(33)34)22-11-12-24(25(31)17-22)21-9-7-6-8-10-21/h6-13,17,20,32H,14-16H2,1-5H3,(H,33,34). The zero-order valence-electron chi connectivity index (χ0n) is 21.0. The van der Waals surface area contributed by atoms with Crippen LogP contribution in [0.4, 0.5) is 4.39 Å². The van der Waals surface area contributed by atoms with Gasteiger partial charge in [0.1, 0.15) is 22.9 Å². The van der Waals surface area contributed by atoms with Crippen LogP contribution in [0.25, 0.3) is 11.1 Å². The van der Waals surface area contributed by atoms with E-state index in [1.807, 2.05) is 58.0 Å². The maximum Gasteiger partial charge on any atom is 0.313 e. The lowest BCUT2D eigenvalue weighted by atomic mass is 9.74. The van der Waals surface area contributed by atoms with Crippen molar-refractivity contribution in [1.82, 2.24) is 0 Å². The molecule has 0 spiro atoms. The second-order valence-electron chi connectivity index (χ2n) is 10.3. The van der Waals surface area contributed by atoms with Crippen molar-refractivity contribution in [1.29, 1.82) is 0 Å². The van der Waals surface area contributed by atoms with Gasteiger partial charge in [-0.3, -0.25) is 4.79 Å². The van der Waals surface area contributed by atoms with Crippen LogP contribution in [0.1, 0.15) is 59.4 Å². The minimum absolute atomic E-state index is 0.131. The zero-order valence-corrected chi connectivity index (χ0v) is 21.0. The number of aliphatic hydroxyl groups excluding tert-OH is 1. The van der Waals surface area contributed by atoms with E-state index < -0.39 is 22.8 Å². The molecule has 0 aromatic heterocycles. The summed E-state index contributed by atoms with van der Waals surface area (Å²) in [6.07, 6.45) is 3.46. The van der Waals surface area contributed by atoms with Crippen molar-refractivity contribution in [2.45, 2.75) is 64.9 Å². The van der Waals surface area contributed by atoms with Gasteiger partial charge in [-0.25, -0.2) is 4.39 Å². The second kappa shape index (κ2) is 9.03. The molecule has 1 aliphatic heterocycles. The number of aliphatic hydroxyl groups is 1. The van der Waals surface area contributed by atoms with Crippen molar-refractivity contribution in [3.63, 3.8) is 0 Å². The summed E-state index contributed by atoms with van der Waals surface area (Å²) in [7, 11) is 0. The Bertz CT molecular complexity index is 1260. The largest absolute Gasteiger partial charge is 0.511 e. The Morgan fingerprint density at radius 3 is 2.49 bits per heavy atom. The number of hydrogen-bond donors (Lipinski definition) is 2. The van der Waals surface area contributed by atoms with Crippen LogP contribution < -0.4 is 0 Å². The van der Waals surface area contributed by atoms with Crippen LogP contribution in [0.15, 0.2) is 82.8 Å². The molecule has 5 heteroatoms.